The van der Waals surface area contributed by atoms with Gasteiger partial charge in [0.15, 0.2) is 0 Å². The van der Waals surface area contributed by atoms with Crippen LogP contribution < -0.4 is 15.5 Å². The fourth-order valence-corrected chi connectivity index (χ4v) is 6.09. The summed E-state index contributed by atoms with van der Waals surface area (Å²) in [7, 11) is 0. The Morgan fingerprint density at radius 2 is 1.89 bits per heavy atom. The molecule has 0 atom stereocenters. The van der Waals surface area contributed by atoms with E-state index < -0.39 is 23.4 Å². The lowest BCUT2D eigenvalue weighted by molar-refractivity contribution is -0.124. The van der Waals surface area contributed by atoms with Crippen molar-refractivity contribution in [3.8, 4) is 0 Å². The Hall–Kier alpha value is -2.29. The third-order valence-electron chi connectivity index (χ3n) is 7.78. The summed E-state index contributed by atoms with van der Waals surface area (Å²) in [6.45, 7) is 2.35. The monoisotopic (exact) mass is 538 g/mol. The molecule has 3 heterocycles. The third-order valence-corrected chi connectivity index (χ3v) is 7.99. The molecule has 5 rings (SSSR count). The van der Waals surface area contributed by atoms with Crippen LogP contribution in [0.25, 0.3) is 0 Å². The molecule has 1 spiro atoms. The van der Waals surface area contributed by atoms with E-state index in [4.69, 9.17) is 11.6 Å². The first kappa shape index (κ1) is 26.8. The zero-order chi connectivity index (χ0) is 24.6. The molecule has 0 bridgehead atoms. The first-order valence-corrected chi connectivity index (χ1v) is 12.6. The van der Waals surface area contributed by atoms with Crippen molar-refractivity contribution in [3.63, 3.8) is 0 Å². The predicted molar refractivity (Wildman–Crippen MR) is 137 cm³/mol. The van der Waals surface area contributed by atoms with Gasteiger partial charge in [-0.05, 0) is 75.2 Å². The number of hydrogen-bond donors (Lipinski definition) is 2. The van der Waals surface area contributed by atoms with Crippen LogP contribution in [0, 0.1) is 5.92 Å². The van der Waals surface area contributed by atoms with Crippen molar-refractivity contribution in [2.45, 2.75) is 56.4 Å². The minimum atomic E-state index is -2.85. The average Bonchev–Trinajstić information content (AvgIpc) is 3.08. The van der Waals surface area contributed by atoms with Crippen molar-refractivity contribution < 1.29 is 18.4 Å². The molecule has 1 saturated carbocycles. The van der Waals surface area contributed by atoms with Crippen LogP contribution in [0.15, 0.2) is 36.5 Å². The fourth-order valence-electron chi connectivity index (χ4n) is 5.93. The molecule has 194 valence electrons. The van der Waals surface area contributed by atoms with Crippen LogP contribution in [0.2, 0.25) is 5.02 Å². The number of benzene rings is 1. The summed E-state index contributed by atoms with van der Waals surface area (Å²) in [6.07, 6.45) is 3.06. The van der Waals surface area contributed by atoms with Crippen LogP contribution in [0.4, 0.5) is 14.5 Å². The van der Waals surface area contributed by atoms with Gasteiger partial charge in [-0.1, -0.05) is 29.8 Å². The van der Waals surface area contributed by atoms with Gasteiger partial charge in [0.2, 0.25) is 5.91 Å². The van der Waals surface area contributed by atoms with E-state index in [2.05, 4.69) is 27.8 Å². The molecular weight excluding hydrogens is 509 g/mol. The van der Waals surface area contributed by atoms with E-state index in [0.29, 0.717) is 12.5 Å². The summed E-state index contributed by atoms with van der Waals surface area (Å²) >= 11 is 5.89. The summed E-state index contributed by atoms with van der Waals surface area (Å²) in [5, 5.41) is 6.40. The Balaban J connectivity index is 0.00000304. The van der Waals surface area contributed by atoms with Crippen molar-refractivity contribution in [2.24, 2.45) is 5.92 Å². The molecule has 10 heteroatoms. The molecule has 0 unspecified atom stereocenters. The van der Waals surface area contributed by atoms with E-state index >= 15 is 0 Å². The molecule has 2 amide bonds. The number of alkyl halides is 2. The lowest BCUT2D eigenvalue weighted by Crippen LogP contribution is -2.48. The molecule has 0 radical (unpaired) electrons. The number of hydrogen-bond acceptors (Lipinski definition) is 4. The summed E-state index contributed by atoms with van der Waals surface area (Å²) in [5.74, 6) is -0.0413. The molecule has 3 aliphatic rings. The van der Waals surface area contributed by atoms with E-state index in [9.17, 15) is 18.4 Å². The highest BCUT2D eigenvalue weighted by atomic mass is 35.5. The standard InChI is InChI=1S/C26H29ClF2N4O2.ClH/c27-17-13-19(22(23(28)29)31-14-17)24(34)32-18-7-5-16(6-8-18)15-33-21-4-2-1-3-20(21)26(25(33)35)9-11-30-12-10-26;/h1-4,13-14,16,18,23,30H,5-12,15H2,(H,32,34);1H/t16-,18-;. The van der Waals surface area contributed by atoms with Crippen LogP contribution in [0.3, 0.4) is 0 Å². The number of anilines is 1. The molecule has 6 nitrogen and oxygen atoms in total. The number of nitrogens with one attached hydrogen (secondary N) is 2. The maximum Gasteiger partial charge on any atom is 0.281 e. The number of halogens is 4. The van der Waals surface area contributed by atoms with E-state index in [1.807, 2.05) is 17.0 Å². The number of nitrogens with zero attached hydrogens (tertiary/aromatic N) is 2. The SMILES string of the molecule is Cl.O=C(N[C@H]1CC[C@H](CN2C(=O)C3(CCNCC3)c3ccccc32)CC1)c1cc(Cl)cnc1C(F)F. The van der Waals surface area contributed by atoms with Crippen LogP contribution >= 0.6 is 24.0 Å². The van der Waals surface area contributed by atoms with E-state index in [0.717, 1.165) is 69.1 Å². The Bertz CT molecular complexity index is 1120. The third kappa shape index (κ3) is 4.95. The summed E-state index contributed by atoms with van der Waals surface area (Å²) in [5.41, 5.74) is 1.03. The van der Waals surface area contributed by atoms with Gasteiger partial charge in [-0.25, -0.2) is 8.78 Å². The largest absolute Gasteiger partial charge is 0.349 e. The number of para-hydroxylation sites is 1. The Morgan fingerprint density at radius 1 is 1.19 bits per heavy atom. The molecule has 1 saturated heterocycles. The second-order valence-electron chi connectivity index (χ2n) is 9.84. The van der Waals surface area contributed by atoms with Crippen molar-refractivity contribution >= 4 is 41.5 Å². The second-order valence-corrected chi connectivity index (χ2v) is 10.3. The highest BCUT2D eigenvalue weighted by Crippen LogP contribution is 2.47. The molecular formula is C26H30Cl2F2N4O2. The maximum absolute atomic E-state index is 13.7. The number of rotatable bonds is 5. The van der Waals surface area contributed by atoms with Gasteiger partial charge in [-0.3, -0.25) is 14.6 Å². The second kappa shape index (κ2) is 11.0. The fraction of sp³-hybridized carbons (Fsp3) is 0.500. The van der Waals surface area contributed by atoms with Crippen LogP contribution in [0.5, 0.6) is 0 Å². The summed E-state index contributed by atoms with van der Waals surface area (Å²) < 4.78 is 26.6. The number of carbonyl (C=O) groups excluding carboxylic acids is 2. The molecule has 2 aliphatic heterocycles. The topological polar surface area (TPSA) is 74.3 Å². The molecule has 36 heavy (non-hydrogen) atoms. The van der Waals surface area contributed by atoms with Gasteiger partial charge in [-0.2, -0.15) is 0 Å². The Labute approximate surface area is 220 Å². The van der Waals surface area contributed by atoms with E-state index in [1.54, 1.807) is 0 Å². The number of piperidine rings is 1. The van der Waals surface area contributed by atoms with Crippen LogP contribution in [-0.2, 0) is 10.2 Å². The maximum atomic E-state index is 13.7. The molecule has 1 aromatic carbocycles. The Morgan fingerprint density at radius 3 is 2.58 bits per heavy atom. The number of amides is 2. The Kier molecular flexibility index (Phi) is 8.17. The summed E-state index contributed by atoms with van der Waals surface area (Å²) in [6, 6.07) is 9.29. The minimum absolute atomic E-state index is 0. The van der Waals surface area contributed by atoms with Gasteiger partial charge in [0.25, 0.3) is 12.3 Å². The molecule has 1 aliphatic carbocycles. The average molecular weight is 539 g/mol. The summed E-state index contributed by atoms with van der Waals surface area (Å²) in [4.78, 5) is 32.0. The van der Waals surface area contributed by atoms with Gasteiger partial charge in [-0.15, -0.1) is 12.4 Å². The lowest BCUT2D eigenvalue weighted by Gasteiger charge is -2.35. The predicted octanol–water partition coefficient (Wildman–Crippen LogP) is 5.05. The first-order chi connectivity index (χ1) is 16.9. The number of fused-ring (bicyclic) bond motifs is 2. The zero-order valence-corrected chi connectivity index (χ0v) is 21.4. The van der Waals surface area contributed by atoms with E-state index in [1.165, 1.54) is 6.07 Å². The zero-order valence-electron chi connectivity index (χ0n) is 19.8. The van der Waals surface area contributed by atoms with Gasteiger partial charge in [0.05, 0.1) is 16.0 Å². The van der Waals surface area contributed by atoms with Gasteiger partial charge >= 0.3 is 0 Å². The number of pyridine rings is 1. The molecule has 1 aromatic heterocycles. The van der Waals surface area contributed by atoms with Crippen LogP contribution in [-0.4, -0.2) is 42.5 Å². The quantitative estimate of drug-likeness (QED) is 0.558. The van der Waals surface area contributed by atoms with E-state index in [-0.39, 0.29) is 34.9 Å². The van der Waals surface area contributed by atoms with Crippen molar-refractivity contribution in [1.29, 1.82) is 0 Å². The lowest BCUT2D eigenvalue weighted by atomic mass is 9.74. The smallest absolute Gasteiger partial charge is 0.281 e. The highest BCUT2D eigenvalue weighted by molar-refractivity contribution is 6.30. The van der Waals surface area contributed by atoms with Crippen LogP contribution in [0.1, 0.15) is 66.6 Å². The molecule has 2 fully saturated rings. The number of aromatic nitrogens is 1. The first-order valence-electron chi connectivity index (χ1n) is 12.3. The van der Waals surface area contributed by atoms with Crippen molar-refractivity contribution in [1.82, 2.24) is 15.6 Å². The highest BCUT2D eigenvalue weighted by Gasteiger charge is 2.51. The molecule has 2 N–H and O–H groups in total. The normalized spacial score (nSPS) is 22.9. The van der Waals surface area contributed by atoms with Gasteiger partial charge in [0, 0.05) is 24.5 Å². The van der Waals surface area contributed by atoms with Gasteiger partial charge < -0.3 is 15.5 Å². The van der Waals surface area contributed by atoms with Crippen molar-refractivity contribution in [3.05, 3.63) is 58.4 Å². The van der Waals surface area contributed by atoms with Gasteiger partial charge in [0.1, 0.15) is 5.69 Å². The van der Waals surface area contributed by atoms with Crippen molar-refractivity contribution in [2.75, 3.05) is 24.5 Å². The molecule has 2 aromatic rings. The minimum Gasteiger partial charge on any atom is -0.349 e. The number of carbonyl (C=O) groups is 2.